The molecule has 0 aliphatic carbocycles. The third-order valence-corrected chi connectivity index (χ3v) is 6.86. The number of hydrogen-bond donors (Lipinski definition) is 1. The Labute approximate surface area is 141 Å². The Balaban J connectivity index is 1.74. The highest BCUT2D eigenvalue weighted by Gasteiger charge is 2.16. The number of aryl methyl sites for hydroxylation is 1. The molecule has 0 atom stereocenters. The van der Waals surface area contributed by atoms with Crippen LogP contribution in [0.25, 0.3) is 11.0 Å². The maximum Gasteiger partial charge on any atom is 0.250 e. The third-order valence-electron chi connectivity index (χ3n) is 3.29. The number of benzene rings is 1. The Kier molecular flexibility index (Phi) is 4.35. The van der Waals surface area contributed by atoms with E-state index in [9.17, 15) is 8.42 Å². The number of hydrogen-bond acceptors (Lipinski definition) is 4. The zero-order valence-corrected chi connectivity index (χ0v) is 15.0. The van der Waals surface area contributed by atoms with Gasteiger partial charge in [0.1, 0.15) is 10.0 Å². The van der Waals surface area contributed by atoms with Crippen LogP contribution in [0.1, 0.15) is 5.82 Å². The lowest BCUT2D eigenvalue weighted by atomic mass is 10.3. The molecule has 0 aliphatic rings. The molecule has 8 heteroatoms. The van der Waals surface area contributed by atoms with Crippen molar-refractivity contribution in [2.75, 3.05) is 6.54 Å². The predicted molar refractivity (Wildman–Crippen MR) is 91.7 cm³/mol. The minimum absolute atomic E-state index is 0.312. The van der Waals surface area contributed by atoms with Crippen molar-refractivity contribution < 1.29 is 8.42 Å². The summed E-state index contributed by atoms with van der Waals surface area (Å²) >= 11 is 4.47. The zero-order valence-electron chi connectivity index (χ0n) is 11.8. The second-order valence-electron chi connectivity index (χ2n) is 4.76. The summed E-state index contributed by atoms with van der Waals surface area (Å²) in [5.74, 6) is 0.874. The van der Waals surface area contributed by atoms with Gasteiger partial charge in [-0.1, -0.05) is 12.1 Å². The molecule has 0 fully saturated rings. The second-order valence-corrected chi connectivity index (χ2v) is 9.21. The first-order chi connectivity index (χ1) is 10.5. The predicted octanol–water partition coefficient (Wildman–Crippen LogP) is 3.15. The van der Waals surface area contributed by atoms with Crippen LogP contribution in [0.3, 0.4) is 0 Å². The van der Waals surface area contributed by atoms with Crippen LogP contribution in [0.4, 0.5) is 0 Å². The van der Waals surface area contributed by atoms with E-state index in [2.05, 4.69) is 25.6 Å². The lowest BCUT2D eigenvalue weighted by Crippen LogP contribution is -2.27. The van der Waals surface area contributed by atoms with Crippen LogP contribution in [0, 0.1) is 6.92 Å². The van der Waals surface area contributed by atoms with Gasteiger partial charge in [0.25, 0.3) is 0 Å². The molecular formula is C14H14BrN3O2S2. The number of fused-ring (bicyclic) bond motifs is 1. The summed E-state index contributed by atoms with van der Waals surface area (Å²) in [5, 5.41) is 0. The summed E-state index contributed by atoms with van der Waals surface area (Å²) in [7, 11) is -3.45. The molecule has 0 saturated heterocycles. The molecule has 22 heavy (non-hydrogen) atoms. The quantitative estimate of drug-likeness (QED) is 0.716. The number of para-hydroxylation sites is 2. The second kappa shape index (κ2) is 6.11. The van der Waals surface area contributed by atoms with Crippen LogP contribution in [0.15, 0.2) is 44.4 Å². The summed E-state index contributed by atoms with van der Waals surface area (Å²) in [5.41, 5.74) is 1.93. The number of nitrogens with zero attached hydrogens (tertiary/aromatic N) is 2. The number of sulfonamides is 1. The molecule has 0 unspecified atom stereocenters. The van der Waals surface area contributed by atoms with Crippen molar-refractivity contribution in [3.63, 3.8) is 0 Å². The Morgan fingerprint density at radius 3 is 2.77 bits per heavy atom. The van der Waals surface area contributed by atoms with E-state index in [-0.39, 0.29) is 0 Å². The van der Waals surface area contributed by atoms with Gasteiger partial charge < -0.3 is 4.57 Å². The first-order valence-corrected chi connectivity index (χ1v) is 9.73. The van der Waals surface area contributed by atoms with E-state index in [0.29, 0.717) is 17.3 Å². The Morgan fingerprint density at radius 1 is 1.27 bits per heavy atom. The van der Waals surface area contributed by atoms with Gasteiger partial charge in [0.15, 0.2) is 0 Å². The first-order valence-electron chi connectivity index (χ1n) is 6.64. The van der Waals surface area contributed by atoms with Gasteiger partial charge in [0.05, 0.1) is 14.8 Å². The Bertz CT molecular complexity index is 915. The number of halogens is 1. The maximum atomic E-state index is 12.2. The fourth-order valence-electron chi connectivity index (χ4n) is 2.28. The van der Waals surface area contributed by atoms with Crippen LogP contribution >= 0.6 is 27.3 Å². The van der Waals surface area contributed by atoms with Crippen molar-refractivity contribution in [3.05, 3.63) is 46.0 Å². The summed E-state index contributed by atoms with van der Waals surface area (Å²) in [6.45, 7) is 2.78. The molecule has 2 heterocycles. The molecule has 0 amide bonds. The highest BCUT2D eigenvalue weighted by Crippen LogP contribution is 2.25. The molecule has 1 aromatic carbocycles. The number of nitrogens with one attached hydrogen (secondary N) is 1. The van der Waals surface area contributed by atoms with E-state index in [0.717, 1.165) is 20.6 Å². The van der Waals surface area contributed by atoms with Gasteiger partial charge in [-0.15, -0.1) is 11.3 Å². The lowest BCUT2D eigenvalue weighted by molar-refractivity contribution is 0.575. The molecule has 0 saturated carbocycles. The fourth-order valence-corrected chi connectivity index (χ4v) is 5.36. The molecule has 3 rings (SSSR count). The largest absolute Gasteiger partial charge is 0.327 e. The van der Waals surface area contributed by atoms with Crippen molar-refractivity contribution in [3.8, 4) is 0 Å². The number of thiophene rings is 1. The molecule has 116 valence electrons. The van der Waals surface area contributed by atoms with Gasteiger partial charge in [-0.3, -0.25) is 0 Å². The van der Waals surface area contributed by atoms with E-state index in [1.807, 2.05) is 35.8 Å². The van der Waals surface area contributed by atoms with Crippen LogP contribution < -0.4 is 4.72 Å². The molecule has 2 aromatic heterocycles. The number of imidazole rings is 1. The third kappa shape index (κ3) is 3.10. The zero-order chi connectivity index (χ0) is 15.7. The molecule has 1 N–H and O–H groups in total. The van der Waals surface area contributed by atoms with Gasteiger partial charge in [0.2, 0.25) is 10.0 Å². The van der Waals surface area contributed by atoms with Gasteiger partial charge >= 0.3 is 0 Å². The molecule has 0 radical (unpaired) electrons. The highest BCUT2D eigenvalue weighted by atomic mass is 79.9. The van der Waals surface area contributed by atoms with Crippen LogP contribution in [-0.4, -0.2) is 24.5 Å². The number of aromatic nitrogens is 2. The van der Waals surface area contributed by atoms with Gasteiger partial charge in [0, 0.05) is 13.1 Å². The average Bonchev–Trinajstić information content (AvgIpc) is 3.04. The van der Waals surface area contributed by atoms with Gasteiger partial charge in [-0.05, 0) is 47.1 Å². The van der Waals surface area contributed by atoms with Crippen molar-refractivity contribution in [1.82, 2.24) is 14.3 Å². The SMILES string of the molecule is Cc1nc2ccccc2n1CCNS(=O)(=O)c1ccc(Br)s1. The van der Waals surface area contributed by atoms with Crippen molar-refractivity contribution in [2.24, 2.45) is 0 Å². The summed E-state index contributed by atoms with van der Waals surface area (Å²) < 4.78 is 30.1. The van der Waals surface area contributed by atoms with Gasteiger partial charge in [-0.25, -0.2) is 18.1 Å². The van der Waals surface area contributed by atoms with Crippen molar-refractivity contribution >= 4 is 48.3 Å². The standard InChI is InChI=1S/C14H14BrN3O2S2/c1-10-17-11-4-2-3-5-12(11)18(10)9-8-16-22(19,20)14-7-6-13(15)21-14/h2-7,16H,8-9H2,1H3. The summed E-state index contributed by atoms with van der Waals surface area (Å²) in [6.07, 6.45) is 0. The van der Waals surface area contributed by atoms with E-state index in [1.165, 1.54) is 11.3 Å². The first kappa shape index (κ1) is 15.7. The molecule has 0 bridgehead atoms. The van der Waals surface area contributed by atoms with E-state index in [4.69, 9.17) is 0 Å². The van der Waals surface area contributed by atoms with E-state index < -0.39 is 10.0 Å². The Morgan fingerprint density at radius 2 is 2.05 bits per heavy atom. The van der Waals surface area contributed by atoms with Crippen molar-refractivity contribution in [1.29, 1.82) is 0 Å². The minimum Gasteiger partial charge on any atom is -0.327 e. The molecular weight excluding hydrogens is 386 g/mol. The molecule has 0 aliphatic heterocycles. The molecule has 3 aromatic rings. The lowest BCUT2D eigenvalue weighted by Gasteiger charge is -2.08. The monoisotopic (exact) mass is 399 g/mol. The maximum absolute atomic E-state index is 12.2. The normalized spacial score (nSPS) is 12.1. The van der Waals surface area contributed by atoms with Crippen LogP contribution in [-0.2, 0) is 16.6 Å². The highest BCUT2D eigenvalue weighted by molar-refractivity contribution is 9.11. The van der Waals surface area contributed by atoms with E-state index >= 15 is 0 Å². The van der Waals surface area contributed by atoms with Crippen LogP contribution in [0.2, 0.25) is 0 Å². The van der Waals surface area contributed by atoms with Crippen LogP contribution in [0.5, 0.6) is 0 Å². The van der Waals surface area contributed by atoms with Crippen molar-refractivity contribution in [2.45, 2.75) is 17.7 Å². The fraction of sp³-hybridized carbons (Fsp3) is 0.214. The average molecular weight is 400 g/mol. The minimum atomic E-state index is -3.45. The smallest absolute Gasteiger partial charge is 0.250 e. The Hall–Kier alpha value is -1.22. The summed E-state index contributed by atoms with van der Waals surface area (Å²) in [4.78, 5) is 4.47. The topological polar surface area (TPSA) is 64.0 Å². The van der Waals surface area contributed by atoms with Gasteiger partial charge in [-0.2, -0.15) is 0 Å². The molecule has 0 spiro atoms. The summed E-state index contributed by atoms with van der Waals surface area (Å²) in [6, 6.07) is 11.2. The number of rotatable bonds is 5. The molecule has 5 nitrogen and oxygen atoms in total. The van der Waals surface area contributed by atoms with E-state index in [1.54, 1.807) is 12.1 Å².